The predicted octanol–water partition coefficient (Wildman–Crippen LogP) is 4.00. The first kappa shape index (κ1) is 18.3. The molecule has 0 aliphatic rings. The van der Waals surface area contributed by atoms with Crippen molar-refractivity contribution >= 4 is 25.2 Å². The van der Waals surface area contributed by atoms with Crippen molar-refractivity contribution in [3.63, 3.8) is 0 Å². The quantitative estimate of drug-likeness (QED) is 0.348. The molecule has 3 aromatic heterocycles. The van der Waals surface area contributed by atoms with Crippen LogP contribution in [0.5, 0.6) is 0 Å². The van der Waals surface area contributed by atoms with E-state index in [9.17, 15) is 0 Å². The molecule has 0 radical (unpaired) electrons. The molecular weight excluding hydrogens is 346 g/mol. The van der Waals surface area contributed by atoms with Crippen LogP contribution in [0.15, 0.2) is 41.8 Å². The zero-order valence-corrected chi connectivity index (χ0v) is 16.5. The lowest BCUT2D eigenvalue weighted by Gasteiger charge is -2.15. The molecule has 0 aliphatic carbocycles. The number of nitrogens with zero attached hydrogens (tertiary/aromatic N) is 4. The molecule has 0 atom stereocenters. The van der Waals surface area contributed by atoms with E-state index in [-0.39, 0.29) is 0 Å². The standard InChI is InChI=1S/C18H25N5O2Si/c1-5-8-19-18-21-15(14-7-6-9-25-14)16-17(22-18)23(12-20-16)13-24-10-11-26(2,3)4/h5-7,9,12H,1,8,10-11,13H2,2-4H3,(H,19,21,22). The number of hydrogen-bond acceptors (Lipinski definition) is 6. The van der Waals surface area contributed by atoms with E-state index in [1.165, 1.54) is 0 Å². The third-order valence-electron chi connectivity index (χ3n) is 3.85. The van der Waals surface area contributed by atoms with E-state index >= 15 is 0 Å². The van der Waals surface area contributed by atoms with Gasteiger partial charge in [0.2, 0.25) is 5.95 Å². The lowest BCUT2D eigenvalue weighted by Crippen LogP contribution is -2.22. The Morgan fingerprint density at radius 1 is 1.35 bits per heavy atom. The van der Waals surface area contributed by atoms with Gasteiger partial charge in [-0.05, 0) is 18.2 Å². The number of fused-ring (bicyclic) bond motifs is 1. The summed E-state index contributed by atoms with van der Waals surface area (Å²) in [4.78, 5) is 13.6. The molecule has 0 spiro atoms. The van der Waals surface area contributed by atoms with Crippen LogP contribution in [0.3, 0.4) is 0 Å². The third kappa shape index (κ3) is 4.38. The normalized spacial score (nSPS) is 11.8. The number of rotatable bonds is 9. The minimum Gasteiger partial charge on any atom is -0.463 e. The molecule has 0 fully saturated rings. The van der Waals surface area contributed by atoms with Crippen LogP contribution in [-0.4, -0.2) is 40.7 Å². The first-order valence-electron chi connectivity index (χ1n) is 8.67. The number of nitrogens with one attached hydrogen (secondary N) is 1. The van der Waals surface area contributed by atoms with Crippen LogP contribution in [-0.2, 0) is 11.5 Å². The molecule has 3 heterocycles. The van der Waals surface area contributed by atoms with Crippen molar-refractivity contribution in [2.45, 2.75) is 32.4 Å². The number of ether oxygens (including phenoxy) is 1. The van der Waals surface area contributed by atoms with E-state index in [1.54, 1.807) is 18.7 Å². The Hall–Kier alpha value is -2.45. The van der Waals surface area contributed by atoms with Gasteiger partial charge in [0, 0.05) is 21.2 Å². The highest BCUT2D eigenvalue weighted by atomic mass is 28.3. The Kier molecular flexibility index (Phi) is 5.53. The monoisotopic (exact) mass is 371 g/mol. The Labute approximate surface area is 154 Å². The van der Waals surface area contributed by atoms with Gasteiger partial charge >= 0.3 is 0 Å². The van der Waals surface area contributed by atoms with Crippen molar-refractivity contribution in [2.75, 3.05) is 18.5 Å². The molecular formula is C18H25N5O2Si. The lowest BCUT2D eigenvalue weighted by atomic mass is 10.3. The van der Waals surface area contributed by atoms with Crippen LogP contribution < -0.4 is 5.32 Å². The van der Waals surface area contributed by atoms with Crippen molar-refractivity contribution in [3.05, 3.63) is 37.4 Å². The largest absolute Gasteiger partial charge is 0.463 e. The molecule has 138 valence electrons. The number of anilines is 1. The second-order valence-electron chi connectivity index (χ2n) is 7.28. The minimum atomic E-state index is -1.11. The summed E-state index contributed by atoms with van der Waals surface area (Å²) in [6.45, 7) is 12.5. The van der Waals surface area contributed by atoms with E-state index in [4.69, 9.17) is 9.15 Å². The summed E-state index contributed by atoms with van der Waals surface area (Å²) in [5, 5.41) is 3.13. The molecule has 7 nitrogen and oxygen atoms in total. The number of aromatic nitrogens is 4. The Morgan fingerprint density at radius 2 is 2.19 bits per heavy atom. The van der Waals surface area contributed by atoms with Gasteiger partial charge in [0.25, 0.3) is 0 Å². The summed E-state index contributed by atoms with van der Waals surface area (Å²) in [6, 6.07) is 4.82. The highest BCUT2D eigenvalue weighted by Gasteiger charge is 2.17. The highest BCUT2D eigenvalue weighted by Crippen LogP contribution is 2.26. The van der Waals surface area contributed by atoms with Gasteiger partial charge in [0.15, 0.2) is 11.4 Å². The van der Waals surface area contributed by atoms with Crippen LogP contribution >= 0.6 is 0 Å². The molecule has 0 bridgehead atoms. The summed E-state index contributed by atoms with van der Waals surface area (Å²) in [7, 11) is -1.11. The summed E-state index contributed by atoms with van der Waals surface area (Å²) < 4.78 is 13.3. The zero-order valence-electron chi connectivity index (χ0n) is 15.5. The fourth-order valence-electron chi connectivity index (χ4n) is 2.41. The van der Waals surface area contributed by atoms with Crippen molar-refractivity contribution in [1.82, 2.24) is 19.5 Å². The van der Waals surface area contributed by atoms with E-state index in [1.807, 2.05) is 16.7 Å². The lowest BCUT2D eigenvalue weighted by molar-refractivity contribution is 0.0895. The molecule has 3 rings (SSSR count). The van der Waals surface area contributed by atoms with Gasteiger partial charge < -0.3 is 14.5 Å². The van der Waals surface area contributed by atoms with E-state index in [0.717, 1.165) is 12.7 Å². The average Bonchev–Trinajstić information content (AvgIpc) is 3.25. The van der Waals surface area contributed by atoms with Gasteiger partial charge in [-0.15, -0.1) is 6.58 Å². The van der Waals surface area contributed by atoms with E-state index in [0.29, 0.717) is 41.8 Å². The van der Waals surface area contributed by atoms with Gasteiger partial charge in [-0.1, -0.05) is 25.7 Å². The topological polar surface area (TPSA) is 78.0 Å². The molecule has 0 aliphatic heterocycles. The molecule has 0 aromatic carbocycles. The molecule has 26 heavy (non-hydrogen) atoms. The Balaban J connectivity index is 1.88. The number of furan rings is 1. The van der Waals surface area contributed by atoms with Crippen LogP contribution in [0.2, 0.25) is 25.7 Å². The number of imidazole rings is 1. The van der Waals surface area contributed by atoms with Gasteiger partial charge in [0.1, 0.15) is 17.9 Å². The second kappa shape index (κ2) is 7.84. The average molecular weight is 372 g/mol. The Morgan fingerprint density at radius 3 is 2.88 bits per heavy atom. The van der Waals surface area contributed by atoms with E-state index in [2.05, 4.69) is 46.5 Å². The highest BCUT2D eigenvalue weighted by molar-refractivity contribution is 6.76. The summed E-state index contributed by atoms with van der Waals surface area (Å²) >= 11 is 0. The molecule has 8 heteroatoms. The Bertz CT molecular complexity index is 868. The fraction of sp³-hybridized carbons (Fsp3) is 0.389. The van der Waals surface area contributed by atoms with Crippen molar-refractivity contribution in [1.29, 1.82) is 0 Å². The van der Waals surface area contributed by atoms with Crippen LogP contribution in [0.1, 0.15) is 0 Å². The molecule has 3 aromatic rings. The van der Waals surface area contributed by atoms with Crippen molar-refractivity contribution in [2.24, 2.45) is 0 Å². The summed E-state index contributed by atoms with van der Waals surface area (Å²) in [5.41, 5.74) is 2.07. The predicted molar refractivity (Wildman–Crippen MR) is 106 cm³/mol. The maximum Gasteiger partial charge on any atom is 0.225 e. The first-order chi connectivity index (χ1) is 12.5. The minimum absolute atomic E-state index is 0.413. The zero-order chi connectivity index (χ0) is 18.6. The van der Waals surface area contributed by atoms with Crippen molar-refractivity contribution in [3.8, 4) is 11.5 Å². The number of hydrogen-bond donors (Lipinski definition) is 1. The maximum absolute atomic E-state index is 5.85. The first-order valence-corrected chi connectivity index (χ1v) is 12.4. The van der Waals surface area contributed by atoms with Gasteiger partial charge in [-0.2, -0.15) is 4.98 Å². The molecule has 0 amide bonds. The third-order valence-corrected chi connectivity index (χ3v) is 5.55. The van der Waals surface area contributed by atoms with Gasteiger partial charge in [-0.3, -0.25) is 4.57 Å². The van der Waals surface area contributed by atoms with Crippen LogP contribution in [0, 0.1) is 0 Å². The molecule has 1 N–H and O–H groups in total. The van der Waals surface area contributed by atoms with Crippen molar-refractivity contribution < 1.29 is 9.15 Å². The fourth-order valence-corrected chi connectivity index (χ4v) is 3.16. The smallest absolute Gasteiger partial charge is 0.225 e. The van der Waals surface area contributed by atoms with E-state index < -0.39 is 8.07 Å². The van der Waals surface area contributed by atoms with Crippen LogP contribution in [0.25, 0.3) is 22.6 Å². The summed E-state index contributed by atoms with van der Waals surface area (Å²) in [6.07, 6.45) is 5.12. The molecule has 0 saturated heterocycles. The second-order valence-corrected chi connectivity index (χ2v) is 12.9. The molecule has 0 saturated carbocycles. The van der Waals surface area contributed by atoms with Gasteiger partial charge in [0.05, 0.1) is 12.6 Å². The molecule has 0 unspecified atom stereocenters. The summed E-state index contributed by atoms with van der Waals surface area (Å²) in [5.74, 6) is 1.16. The van der Waals surface area contributed by atoms with Crippen LogP contribution in [0.4, 0.5) is 5.95 Å². The SMILES string of the molecule is C=CCNc1nc(-c2ccco2)c2ncn(COCC[Si](C)(C)C)c2n1. The van der Waals surface area contributed by atoms with Gasteiger partial charge in [-0.25, -0.2) is 9.97 Å². The maximum atomic E-state index is 5.85.